The summed E-state index contributed by atoms with van der Waals surface area (Å²) in [4.78, 5) is 72.2. The van der Waals surface area contributed by atoms with E-state index in [1.807, 2.05) is 0 Å². The molecule has 0 aliphatic carbocycles. The van der Waals surface area contributed by atoms with Gasteiger partial charge < -0.3 is 33.8 Å². The monoisotopic (exact) mass is 1240 g/mol. The summed E-state index contributed by atoms with van der Waals surface area (Å²) >= 11 is 0. The molecule has 0 radical (unpaired) electrons. The zero-order valence-corrected chi connectivity index (χ0v) is 56.0. The zero-order valence-electron chi connectivity index (χ0n) is 54.2. The number of hydrogen-bond acceptors (Lipinski definition) is 15. The second-order valence-corrected chi connectivity index (χ2v) is 27.4. The average molecular weight is 1240 g/mol. The van der Waals surface area contributed by atoms with E-state index in [-0.39, 0.29) is 25.7 Å². The quantitative estimate of drug-likeness (QED) is 0.0222. The maximum Gasteiger partial charge on any atom is 0.472 e. The number of phosphoric acid groups is 2. The fourth-order valence-corrected chi connectivity index (χ4v) is 11.3. The molecule has 0 saturated carbocycles. The van der Waals surface area contributed by atoms with Crippen molar-refractivity contribution in [3.05, 3.63) is 0 Å². The molecule has 0 aromatic rings. The van der Waals surface area contributed by atoms with E-state index in [0.717, 1.165) is 95.8 Å². The molecule has 19 heteroatoms. The third-order valence-electron chi connectivity index (χ3n) is 15.0. The van der Waals surface area contributed by atoms with Crippen LogP contribution in [0, 0.1) is 11.8 Å². The molecule has 0 aromatic carbocycles. The van der Waals surface area contributed by atoms with Gasteiger partial charge in [0.05, 0.1) is 26.4 Å². The molecule has 3 N–H and O–H groups in total. The van der Waals surface area contributed by atoms with Gasteiger partial charge in [-0.1, -0.05) is 273 Å². The first-order valence-electron chi connectivity index (χ1n) is 34.0. The van der Waals surface area contributed by atoms with Crippen molar-refractivity contribution in [2.24, 2.45) is 11.8 Å². The van der Waals surface area contributed by atoms with E-state index in [2.05, 4.69) is 41.5 Å². The van der Waals surface area contributed by atoms with E-state index in [1.165, 1.54) is 141 Å². The van der Waals surface area contributed by atoms with Gasteiger partial charge in [0.1, 0.15) is 19.3 Å². The van der Waals surface area contributed by atoms with Crippen molar-refractivity contribution in [1.82, 2.24) is 0 Å². The van der Waals surface area contributed by atoms with Gasteiger partial charge in [-0.3, -0.25) is 37.3 Å². The predicted molar refractivity (Wildman–Crippen MR) is 335 cm³/mol. The van der Waals surface area contributed by atoms with Crippen LogP contribution in [0.2, 0.25) is 0 Å². The third-order valence-corrected chi connectivity index (χ3v) is 16.9. The standard InChI is InChI=1S/C65H126O17P2/c1-7-9-11-13-15-17-18-19-20-24-31-37-43-49-64(69)81-60(53-76-63(68)48-42-36-30-25-21-23-27-33-39-45-57(3)4)55-79-83(71,72)77-51-59(66)52-78-84(73,74)80-56-61(54-75-62(67)47-41-35-29-22-16-14-12-10-8-2)82-65(70)50-44-38-32-26-28-34-40-46-58(5)6/h57-61,66H,7-56H2,1-6H3,(H,71,72)(H,73,74)/t59-,60-,61-/m1/s1. The summed E-state index contributed by atoms with van der Waals surface area (Å²) in [6.45, 7) is 9.41. The number of hydrogen-bond donors (Lipinski definition) is 3. The lowest BCUT2D eigenvalue weighted by atomic mass is 10.0. The van der Waals surface area contributed by atoms with Crippen molar-refractivity contribution in [3.63, 3.8) is 0 Å². The van der Waals surface area contributed by atoms with Crippen LogP contribution in [-0.2, 0) is 65.4 Å². The van der Waals surface area contributed by atoms with Crippen molar-refractivity contribution >= 4 is 39.5 Å². The van der Waals surface area contributed by atoms with Crippen LogP contribution in [0.1, 0.15) is 324 Å². The molecular formula is C65H126O17P2. The van der Waals surface area contributed by atoms with Gasteiger partial charge in [-0.25, -0.2) is 9.13 Å². The highest BCUT2D eigenvalue weighted by Crippen LogP contribution is 2.45. The van der Waals surface area contributed by atoms with Crippen LogP contribution in [0.25, 0.3) is 0 Å². The minimum atomic E-state index is -4.95. The predicted octanol–water partition coefficient (Wildman–Crippen LogP) is 18.0. The van der Waals surface area contributed by atoms with E-state index in [9.17, 15) is 43.2 Å². The molecule has 0 fully saturated rings. The number of esters is 4. The Morgan fingerprint density at radius 2 is 0.548 bits per heavy atom. The second kappa shape index (κ2) is 57.5. The number of phosphoric ester groups is 2. The average Bonchev–Trinajstić information content (AvgIpc) is 3.49. The lowest BCUT2D eigenvalue weighted by Crippen LogP contribution is -2.30. The topological polar surface area (TPSA) is 237 Å². The Hall–Kier alpha value is -1.94. The highest BCUT2D eigenvalue weighted by Gasteiger charge is 2.30. The van der Waals surface area contributed by atoms with Crippen LogP contribution in [0.15, 0.2) is 0 Å². The van der Waals surface area contributed by atoms with Gasteiger partial charge in [-0.05, 0) is 37.5 Å². The summed E-state index contributed by atoms with van der Waals surface area (Å²) in [5.41, 5.74) is 0. The summed E-state index contributed by atoms with van der Waals surface area (Å²) in [5, 5.41) is 10.5. The van der Waals surface area contributed by atoms with Gasteiger partial charge in [0, 0.05) is 25.7 Å². The van der Waals surface area contributed by atoms with Crippen molar-refractivity contribution in [2.45, 2.75) is 342 Å². The van der Waals surface area contributed by atoms with Gasteiger partial charge in [-0.15, -0.1) is 0 Å². The Kier molecular flexibility index (Phi) is 56.2. The molecule has 498 valence electrons. The van der Waals surface area contributed by atoms with Crippen LogP contribution < -0.4 is 0 Å². The first-order valence-corrected chi connectivity index (χ1v) is 37.0. The first kappa shape index (κ1) is 82.1. The number of ether oxygens (including phenoxy) is 4. The van der Waals surface area contributed by atoms with E-state index in [1.54, 1.807) is 0 Å². The largest absolute Gasteiger partial charge is 0.472 e. The Bertz CT molecular complexity index is 1650. The SMILES string of the molecule is CCCCCCCCCCCCCCCC(=O)O[C@H](COC(=O)CCCCCCCCCCCC(C)C)COP(=O)(O)OC[C@@H](O)COP(=O)(O)OC[C@@H](COC(=O)CCCCCCCCCCC)OC(=O)CCCCCCCCCC(C)C. The van der Waals surface area contributed by atoms with Crippen molar-refractivity contribution in [3.8, 4) is 0 Å². The molecule has 84 heavy (non-hydrogen) atoms. The van der Waals surface area contributed by atoms with Crippen LogP contribution in [-0.4, -0.2) is 96.7 Å². The van der Waals surface area contributed by atoms with Gasteiger partial charge in [0.15, 0.2) is 12.2 Å². The highest BCUT2D eigenvalue weighted by atomic mass is 31.2. The number of carbonyl (C=O) groups is 4. The van der Waals surface area contributed by atoms with Crippen molar-refractivity contribution in [2.75, 3.05) is 39.6 Å². The summed E-state index contributed by atoms with van der Waals surface area (Å²) in [5.74, 6) is -0.694. The number of aliphatic hydroxyl groups excluding tert-OH is 1. The molecule has 0 amide bonds. The van der Waals surface area contributed by atoms with E-state index >= 15 is 0 Å². The molecular weight excluding hydrogens is 1110 g/mol. The molecule has 0 spiro atoms. The number of unbranched alkanes of at least 4 members (excludes halogenated alkanes) is 34. The maximum absolute atomic E-state index is 13.0. The van der Waals surface area contributed by atoms with Gasteiger partial charge in [-0.2, -0.15) is 0 Å². The molecule has 0 aliphatic heterocycles. The molecule has 2 unspecified atom stereocenters. The van der Waals surface area contributed by atoms with Gasteiger partial charge in [0.25, 0.3) is 0 Å². The normalized spacial score (nSPS) is 14.3. The van der Waals surface area contributed by atoms with Gasteiger partial charge in [0.2, 0.25) is 0 Å². The number of carbonyl (C=O) groups excluding carboxylic acids is 4. The molecule has 0 rings (SSSR count). The minimum absolute atomic E-state index is 0.103. The van der Waals surface area contributed by atoms with Crippen LogP contribution >= 0.6 is 15.6 Å². The summed E-state index contributed by atoms with van der Waals surface area (Å²) in [6.07, 6.45) is 40.3. The minimum Gasteiger partial charge on any atom is -0.462 e. The molecule has 0 heterocycles. The fraction of sp³-hybridized carbons (Fsp3) is 0.938. The lowest BCUT2D eigenvalue weighted by Gasteiger charge is -2.21. The number of aliphatic hydroxyl groups is 1. The van der Waals surface area contributed by atoms with Crippen LogP contribution in [0.5, 0.6) is 0 Å². The Morgan fingerprint density at radius 1 is 0.321 bits per heavy atom. The fourth-order valence-electron chi connectivity index (χ4n) is 9.71. The Labute approximate surface area is 511 Å². The van der Waals surface area contributed by atoms with Gasteiger partial charge >= 0.3 is 39.5 Å². The number of rotatable bonds is 64. The zero-order chi connectivity index (χ0) is 62.2. The summed E-state index contributed by atoms with van der Waals surface area (Å²) in [6, 6.07) is 0. The van der Waals surface area contributed by atoms with Crippen molar-refractivity contribution in [1.29, 1.82) is 0 Å². The maximum atomic E-state index is 13.0. The Morgan fingerprint density at radius 3 is 0.810 bits per heavy atom. The van der Waals surface area contributed by atoms with Crippen LogP contribution in [0.3, 0.4) is 0 Å². The van der Waals surface area contributed by atoms with E-state index in [0.29, 0.717) is 31.6 Å². The molecule has 5 atom stereocenters. The van der Waals surface area contributed by atoms with Crippen molar-refractivity contribution < 1.29 is 80.2 Å². The molecule has 0 aliphatic rings. The first-order chi connectivity index (χ1) is 40.4. The molecule has 0 saturated heterocycles. The lowest BCUT2D eigenvalue weighted by molar-refractivity contribution is -0.161. The van der Waals surface area contributed by atoms with E-state index < -0.39 is 97.5 Å². The third kappa shape index (κ3) is 59.0. The second-order valence-electron chi connectivity index (χ2n) is 24.5. The Balaban J connectivity index is 5.24. The molecule has 17 nitrogen and oxygen atoms in total. The van der Waals surface area contributed by atoms with Crippen LogP contribution in [0.4, 0.5) is 0 Å². The molecule has 0 bridgehead atoms. The summed E-state index contributed by atoms with van der Waals surface area (Å²) < 4.78 is 68.0. The highest BCUT2D eigenvalue weighted by molar-refractivity contribution is 7.47. The smallest absolute Gasteiger partial charge is 0.462 e. The summed E-state index contributed by atoms with van der Waals surface area (Å²) in [7, 11) is -9.89. The molecule has 0 aromatic heterocycles. The van der Waals surface area contributed by atoms with E-state index in [4.69, 9.17) is 37.0 Å².